The second kappa shape index (κ2) is 10.2. The van der Waals surface area contributed by atoms with Gasteiger partial charge in [-0.3, -0.25) is 5.32 Å². The Labute approximate surface area is 120 Å². The average Bonchev–Trinajstić information content (AvgIpc) is 2.40. The van der Waals surface area contributed by atoms with Gasteiger partial charge in [-0.1, -0.05) is 27.7 Å². The summed E-state index contributed by atoms with van der Waals surface area (Å²) < 4.78 is 0. The predicted octanol–water partition coefficient (Wildman–Crippen LogP) is 3.42. The van der Waals surface area contributed by atoms with Crippen molar-refractivity contribution >= 4 is 0 Å². The van der Waals surface area contributed by atoms with Crippen molar-refractivity contribution in [3.63, 3.8) is 0 Å². The van der Waals surface area contributed by atoms with Crippen LogP contribution in [-0.4, -0.2) is 37.1 Å². The summed E-state index contributed by atoms with van der Waals surface area (Å²) in [6.45, 7) is 12.0. The maximum absolute atomic E-state index is 9.42. The highest BCUT2D eigenvalue weighted by Gasteiger charge is 2.26. The Bertz CT molecular complexity index is 257. The number of nitriles is 1. The van der Waals surface area contributed by atoms with Crippen LogP contribution >= 0.6 is 0 Å². The minimum absolute atomic E-state index is 0.311. The van der Waals surface area contributed by atoms with Crippen LogP contribution in [0.5, 0.6) is 0 Å². The lowest BCUT2D eigenvalue weighted by atomic mass is 9.91. The molecule has 0 aromatic rings. The topological polar surface area (TPSA) is 39.1 Å². The van der Waals surface area contributed by atoms with E-state index in [-0.39, 0.29) is 5.54 Å². The van der Waals surface area contributed by atoms with E-state index >= 15 is 0 Å². The summed E-state index contributed by atoms with van der Waals surface area (Å²) in [5.74, 6) is 0.766. The van der Waals surface area contributed by atoms with Gasteiger partial charge >= 0.3 is 0 Å². The van der Waals surface area contributed by atoms with Crippen LogP contribution in [0.2, 0.25) is 0 Å². The van der Waals surface area contributed by atoms with Crippen LogP contribution in [0.1, 0.15) is 59.8 Å². The molecule has 1 atom stereocenters. The molecule has 1 N–H and O–H groups in total. The van der Waals surface area contributed by atoms with Crippen molar-refractivity contribution in [2.45, 2.75) is 65.3 Å². The van der Waals surface area contributed by atoms with E-state index in [0.717, 1.165) is 51.2 Å². The number of hydrogen-bond donors (Lipinski definition) is 1. The molecule has 112 valence electrons. The number of nitrogens with zero attached hydrogens (tertiary/aromatic N) is 2. The average molecular weight is 267 g/mol. The molecule has 0 aliphatic heterocycles. The highest BCUT2D eigenvalue weighted by atomic mass is 15.1. The predicted molar refractivity (Wildman–Crippen MR) is 83.1 cm³/mol. The highest BCUT2D eigenvalue weighted by Crippen LogP contribution is 2.17. The molecule has 0 aliphatic rings. The first-order valence-electron chi connectivity index (χ1n) is 7.84. The van der Waals surface area contributed by atoms with Gasteiger partial charge in [0, 0.05) is 0 Å². The number of nitrogens with one attached hydrogen (secondary N) is 1. The van der Waals surface area contributed by atoms with Crippen LogP contribution in [0.3, 0.4) is 0 Å². The second-order valence-electron chi connectivity index (χ2n) is 6.06. The number of hydrogen-bond acceptors (Lipinski definition) is 3. The first-order valence-corrected chi connectivity index (χ1v) is 7.84. The first-order chi connectivity index (χ1) is 8.99. The lowest BCUT2D eigenvalue weighted by Crippen LogP contribution is -2.44. The molecule has 19 heavy (non-hydrogen) atoms. The minimum Gasteiger partial charge on any atom is -0.306 e. The van der Waals surface area contributed by atoms with E-state index in [1.165, 1.54) is 6.42 Å². The van der Waals surface area contributed by atoms with Crippen molar-refractivity contribution in [3.8, 4) is 6.07 Å². The van der Waals surface area contributed by atoms with E-state index in [9.17, 15) is 5.26 Å². The molecular weight excluding hydrogens is 234 g/mol. The van der Waals surface area contributed by atoms with E-state index in [2.05, 4.69) is 51.0 Å². The van der Waals surface area contributed by atoms with Crippen LogP contribution in [0, 0.1) is 17.2 Å². The summed E-state index contributed by atoms with van der Waals surface area (Å²) in [5, 5.41) is 12.8. The Kier molecular flexibility index (Phi) is 9.91. The quantitative estimate of drug-likeness (QED) is 0.623. The summed E-state index contributed by atoms with van der Waals surface area (Å²) in [5.41, 5.74) is -0.311. The molecule has 0 rings (SSSR count). The normalized spacial score (nSPS) is 14.6. The molecule has 0 saturated carbocycles. The van der Waals surface area contributed by atoms with E-state index in [4.69, 9.17) is 0 Å². The molecule has 0 fully saturated rings. The Morgan fingerprint density at radius 3 is 2.42 bits per heavy atom. The molecule has 0 bridgehead atoms. The Balaban J connectivity index is 4.02. The zero-order valence-electron chi connectivity index (χ0n) is 13.6. The van der Waals surface area contributed by atoms with Crippen molar-refractivity contribution in [1.29, 1.82) is 5.26 Å². The molecule has 0 heterocycles. The molecule has 0 radical (unpaired) electrons. The van der Waals surface area contributed by atoms with E-state index < -0.39 is 0 Å². The molecule has 0 spiro atoms. The van der Waals surface area contributed by atoms with Crippen molar-refractivity contribution < 1.29 is 0 Å². The van der Waals surface area contributed by atoms with Gasteiger partial charge in [0.05, 0.1) is 6.07 Å². The van der Waals surface area contributed by atoms with Gasteiger partial charge in [-0.25, -0.2) is 0 Å². The van der Waals surface area contributed by atoms with Gasteiger partial charge in [0.2, 0.25) is 0 Å². The Morgan fingerprint density at radius 1 is 1.26 bits per heavy atom. The fourth-order valence-corrected chi connectivity index (χ4v) is 2.17. The molecule has 0 amide bonds. The third-order valence-corrected chi connectivity index (χ3v) is 3.76. The van der Waals surface area contributed by atoms with Crippen molar-refractivity contribution in [3.05, 3.63) is 0 Å². The SMILES string of the molecule is CCCNC(C#N)(CC)CCCN(C)CCC(C)C. The van der Waals surface area contributed by atoms with Gasteiger partial charge in [0.1, 0.15) is 5.54 Å². The van der Waals surface area contributed by atoms with Crippen LogP contribution in [0.25, 0.3) is 0 Å². The van der Waals surface area contributed by atoms with Gasteiger partial charge in [0.25, 0.3) is 0 Å². The standard InChI is InChI=1S/C16H33N3/c1-6-11-18-16(7-2,14-17)10-8-12-19(5)13-9-15(3)4/h15,18H,6-13H2,1-5H3. The zero-order valence-corrected chi connectivity index (χ0v) is 13.6. The molecule has 3 nitrogen and oxygen atoms in total. The fourth-order valence-electron chi connectivity index (χ4n) is 2.17. The minimum atomic E-state index is -0.311. The van der Waals surface area contributed by atoms with Crippen molar-refractivity contribution in [2.24, 2.45) is 5.92 Å². The molecule has 0 aromatic carbocycles. The van der Waals surface area contributed by atoms with Gasteiger partial charge in [-0.2, -0.15) is 5.26 Å². The highest BCUT2D eigenvalue weighted by molar-refractivity contribution is 5.06. The van der Waals surface area contributed by atoms with Gasteiger partial charge in [-0.05, 0) is 64.7 Å². The molecule has 1 unspecified atom stereocenters. The van der Waals surface area contributed by atoms with Gasteiger partial charge in [-0.15, -0.1) is 0 Å². The lowest BCUT2D eigenvalue weighted by molar-refractivity contribution is 0.281. The van der Waals surface area contributed by atoms with E-state index in [1.54, 1.807) is 0 Å². The molecule has 3 heteroatoms. The summed E-state index contributed by atoms with van der Waals surface area (Å²) >= 11 is 0. The van der Waals surface area contributed by atoms with E-state index in [1.807, 2.05) is 0 Å². The van der Waals surface area contributed by atoms with Gasteiger partial charge < -0.3 is 4.90 Å². The Morgan fingerprint density at radius 2 is 1.95 bits per heavy atom. The van der Waals surface area contributed by atoms with Crippen LogP contribution in [0.4, 0.5) is 0 Å². The third kappa shape index (κ3) is 8.23. The smallest absolute Gasteiger partial charge is 0.106 e. The summed E-state index contributed by atoms with van der Waals surface area (Å²) in [6, 6.07) is 2.49. The van der Waals surface area contributed by atoms with E-state index in [0.29, 0.717) is 0 Å². The monoisotopic (exact) mass is 267 g/mol. The first kappa shape index (κ1) is 18.4. The summed E-state index contributed by atoms with van der Waals surface area (Å²) in [4.78, 5) is 2.39. The summed E-state index contributed by atoms with van der Waals surface area (Å²) in [7, 11) is 2.18. The largest absolute Gasteiger partial charge is 0.306 e. The zero-order chi connectivity index (χ0) is 14.7. The molecule has 0 saturated heterocycles. The Hall–Kier alpha value is -0.590. The fraction of sp³-hybridized carbons (Fsp3) is 0.938. The molecule has 0 aliphatic carbocycles. The number of rotatable bonds is 11. The van der Waals surface area contributed by atoms with Crippen LogP contribution in [-0.2, 0) is 0 Å². The maximum Gasteiger partial charge on any atom is 0.106 e. The van der Waals surface area contributed by atoms with Crippen molar-refractivity contribution in [1.82, 2.24) is 10.2 Å². The second-order valence-corrected chi connectivity index (χ2v) is 6.06. The summed E-state index contributed by atoms with van der Waals surface area (Å²) in [6.07, 6.45) is 5.26. The lowest BCUT2D eigenvalue weighted by Gasteiger charge is -2.27. The van der Waals surface area contributed by atoms with Crippen molar-refractivity contribution in [2.75, 3.05) is 26.7 Å². The van der Waals surface area contributed by atoms with Crippen LogP contribution < -0.4 is 5.32 Å². The third-order valence-electron chi connectivity index (χ3n) is 3.76. The molecular formula is C16H33N3. The maximum atomic E-state index is 9.42. The van der Waals surface area contributed by atoms with Crippen LogP contribution in [0.15, 0.2) is 0 Å². The van der Waals surface area contributed by atoms with Gasteiger partial charge in [0.15, 0.2) is 0 Å². The molecule has 0 aromatic heterocycles.